The van der Waals surface area contributed by atoms with Gasteiger partial charge in [-0.25, -0.2) is 4.79 Å². The Labute approximate surface area is 147 Å². The van der Waals surface area contributed by atoms with Crippen molar-refractivity contribution in [1.29, 1.82) is 0 Å². The average molecular weight is 371 g/mol. The summed E-state index contributed by atoms with van der Waals surface area (Å²) < 4.78 is 38.4. The zero-order valence-corrected chi connectivity index (χ0v) is 13.8. The van der Waals surface area contributed by atoms with E-state index in [0.717, 1.165) is 10.8 Å². The maximum Gasteiger partial charge on any atom is 0.401 e. The molecule has 0 aliphatic rings. The molecule has 1 unspecified atom stereocenters. The average Bonchev–Trinajstić information content (AvgIpc) is 2.53. The number of carbonyl (C=O) groups is 2. The molecule has 0 spiro atoms. The van der Waals surface area contributed by atoms with Crippen LogP contribution in [0.2, 0.25) is 0 Å². The largest absolute Gasteiger partial charge is 0.480 e. The monoisotopic (exact) mass is 371 g/mol. The van der Waals surface area contributed by atoms with Crippen LogP contribution in [0.25, 0.3) is 10.8 Å². The van der Waals surface area contributed by atoms with E-state index in [1.807, 2.05) is 23.5 Å². The molecule has 25 heavy (non-hydrogen) atoms. The van der Waals surface area contributed by atoms with E-state index in [2.05, 4.69) is 12.6 Å². The van der Waals surface area contributed by atoms with Crippen LogP contribution in [-0.4, -0.2) is 35.0 Å². The van der Waals surface area contributed by atoms with Gasteiger partial charge < -0.3 is 10.4 Å². The minimum atomic E-state index is -4.78. The van der Waals surface area contributed by atoms with E-state index in [0.29, 0.717) is 5.56 Å². The lowest BCUT2D eigenvalue weighted by Crippen LogP contribution is -2.48. The zero-order chi connectivity index (χ0) is 18.6. The number of carboxylic acid groups (broad SMARTS) is 1. The van der Waals surface area contributed by atoms with Crippen molar-refractivity contribution >= 4 is 35.3 Å². The van der Waals surface area contributed by atoms with Crippen LogP contribution in [0.1, 0.15) is 5.56 Å². The van der Waals surface area contributed by atoms with E-state index in [9.17, 15) is 27.9 Å². The maximum atomic E-state index is 12.8. The first-order valence-corrected chi connectivity index (χ1v) is 8.04. The van der Waals surface area contributed by atoms with Crippen molar-refractivity contribution in [3.05, 3.63) is 48.0 Å². The fourth-order valence-electron chi connectivity index (χ4n) is 2.50. The van der Waals surface area contributed by atoms with Crippen molar-refractivity contribution in [2.24, 2.45) is 5.92 Å². The number of hydrogen-bond donors (Lipinski definition) is 3. The number of benzene rings is 2. The lowest BCUT2D eigenvalue weighted by atomic mass is 9.98. The van der Waals surface area contributed by atoms with Crippen molar-refractivity contribution < 1.29 is 27.9 Å². The normalized spacial score (nSPS) is 14.1. The van der Waals surface area contributed by atoms with Crippen LogP contribution in [-0.2, 0) is 16.0 Å². The van der Waals surface area contributed by atoms with Crippen LogP contribution in [0.15, 0.2) is 42.5 Å². The van der Waals surface area contributed by atoms with Gasteiger partial charge in [-0.2, -0.15) is 25.8 Å². The second-order valence-corrected chi connectivity index (χ2v) is 5.88. The van der Waals surface area contributed by atoms with Gasteiger partial charge in [-0.05, 0) is 16.3 Å². The summed E-state index contributed by atoms with van der Waals surface area (Å²) in [6.07, 6.45) is -4.91. The second-order valence-electron chi connectivity index (χ2n) is 5.52. The molecule has 2 rings (SSSR count). The molecular weight excluding hydrogens is 355 g/mol. The van der Waals surface area contributed by atoms with Crippen molar-refractivity contribution in [3.63, 3.8) is 0 Å². The molecule has 1 amide bonds. The standard InChI is InChI=1S/C17H16F3NO3S/c18-17(19,20)13(9-25)15(22)21-14(16(23)24)8-11-6-3-5-10-4-1-2-7-12(10)11/h1-7,13-14,25H,8-9H2,(H,21,22)(H,23,24)/t13?,14-/m0/s1. The minimum absolute atomic E-state index is 0.125. The highest BCUT2D eigenvalue weighted by Gasteiger charge is 2.44. The highest BCUT2D eigenvalue weighted by atomic mass is 32.1. The lowest BCUT2D eigenvalue weighted by molar-refractivity contribution is -0.178. The Morgan fingerprint density at radius 3 is 2.36 bits per heavy atom. The molecule has 0 radical (unpaired) electrons. The van der Waals surface area contributed by atoms with Crippen molar-refractivity contribution in [1.82, 2.24) is 5.32 Å². The molecule has 0 heterocycles. The number of halogens is 3. The predicted molar refractivity (Wildman–Crippen MR) is 90.6 cm³/mol. The van der Waals surface area contributed by atoms with Gasteiger partial charge in [0.25, 0.3) is 0 Å². The van der Waals surface area contributed by atoms with Gasteiger partial charge in [-0.3, -0.25) is 4.79 Å². The summed E-state index contributed by atoms with van der Waals surface area (Å²) in [7, 11) is 0. The third kappa shape index (κ3) is 4.66. The first-order valence-electron chi connectivity index (χ1n) is 7.41. The third-order valence-corrected chi connectivity index (χ3v) is 4.18. The molecule has 0 aromatic heterocycles. The van der Waals surface area contributed by atoms with Crippen LogP contribution in [0, 0.1) is 5.92 Å². The number of fused-ring (bicyclic) bond motifs is 1. The van der Waals surface area contributed by atoms with Gasteiger partial charge in [0.15, 0.2) is 0 Å². The van der Waals surface area contributed by atoms with Gasteiger partial charge in [0, 0.05) is 12.2 Å². The van der Waals surface area contributed by atoms with Crippen molar-refractivity contribution in [2.75, 3.05) is 5.75 Å². The van der Waals surface area contributed by atoms with E-state index >= 15 is 0 Å². The molecule has 8 heteroatoms. The number of carbonyl (C=O) groups excluding carboxylic acids is 1. The molecular formula is C17H16F3NO3S. The highest BCUT2D eigenvalue weighted by molar-refractivity contribution is 7.80. The smallest absolute Gasteiger partial charge is 0.401 e. The van der Waals surface area contributed by atoms with Gasteiger partial charge in [-0.15, -0.1) is 0 Å². The SMILES string of the molecule is O=C(N[C@@H](Cc1cccc2ccccc12)C(=O)O)C(CS)C(F)(F)F. The van der Waals surface area contributed by atoms with E-state index in [1.165, 1.54) is 0 Å². The van der Waals surface area contributed by atoms with Gasteiger partial charge in [0.05, 0.1) is 0 Å². The number of thiol groups is 1. The molecule has 0 saturated heterocycles. The number of amides is 1. The van der Waals surface area contributed by atoms with Crippen LogP contribution in [0.5, 0.6) is 0 Å². The number of rotatable bonds is 6. The second kappa shape index (κ2) is 7.77. The van der Waals surface area contributed by atoms with E-state index in [4.69, 9.17) is 0 Å². The Hall–Kier alpha value is -2.22. The fourth-order valence-corrected chi connectivity index (χ4v) is 2.87. The molecule has 134 valence electrons. The summed E-state index contributed by atoms with van der Waals surface area (Å²) >= 11 is 3.54. The van der Waals surface area contributed by atoms with Gasteiger partial charge >= 0.3 is 12.1 Å². The molecule has 2 aromatic carbocycles. The van der Waals surface area contributed by atoms with Crippen molar-refractivity contribution in [2.45, 2.75) is 18.6 Å². The van der Waals surface area contributed by atoms with E-state index < -0.39 is 35.8 Å². The summed E-state index contributed by atoms with van der Waals surface area (Å²) in [4.78, 5) is 23.3. The number of nitrogens with one attached hydrogen (secondary N) is 1. The summed E-state index contributed by atoms with van der Waals surface area (Å²) in [5, 5.41) is 12.9. The maximum absolute atomic E-state index is 12.8. The number of aliphatic carboxylic acids is 1. The van der Waals surface area contributed by atoms with Crippen LogP contribution in [0.4, 0.5) is 13.2 Å². The fraction of sp³-hybridized carbons (Fsp3) is 0.294. The molecule has 2 aromatic rings. The Bertz CT molecular complexity index is 774. The predicted octanol–water partition coefficient (Wildman–Crippen LogP) is 3.06. The van der Waals surface area contributed by atoms with Gasteiger partial charge in [0.2, 0.25) is 5.91 Å². The number of carboxylic acids is 1. The Morgan fingerprint density at radius 2 is 1.76 bits per heavy atom. The first-order chi connectivity index (χ1) is 11.7. The topological polar surface area (TPSA) is 66.4 Å². The molecule has 0 aliphatic heterocycles. The van der Waals surface area contributed by atoms with Crippen LogP contribution < -0.4 is 5.32 Å². The quantitative estimate of drug-likeness (QED) is 0.684. The van der Waals surface area contributed by atoms with Gasteiger partial charge in [0.1, 0.15) is 12.0 Å². The van der Waals surface area contributed by atoms with Crippen LogP contribution in [0.3, 0.4) is 0 Å². The Balaban J connectivity index is 2.24. The third-order valence-electron chi connectivity index (χ3n) is 3.81. The Kier molecular flexibility index (Phi) is 5.94. The molecule has 4 nitrogen and oxygen atoms in total. The molecule has 2 atom stereocenters. The highest BCUT2D eigenvalue weighted by Crippen LogP contribution is 2.27. The van der Waals surface area contributed by atoms with E-state index in [-0.39, 0.29) is 6.42 Å². The summed E-state index contributed by atoms with van der Waals surface area (Å²) in [6.45, 7) is 0. The molecule has 0 bridgehead atoms. The Morgan fingerprint density at radius 1 is 1.12 bits per heavy atom. The molecule has 0 saturated carbocycles. The molecule has 2 N–H and O–H groups in total. The van der Waals surface area contributed by atoms with Crippen LogP contribution >= 0.6 is 12.6 Å². The van der Waals surface area contributed by atoms with Gasteiger partial charge in [-0.1, -0.05) is 42.5 Å². The van der Waals surface area contributed by atoms with E-state index in [1.54, 1.807) is 24.3 Å². The number of alkyl halides is 3. The first kappa shape index (κ1) is 19.1. The van der Waals surface area contributed by atoms with Crippen molar-refractivity contribution in [3.8, 4) is 0 Å². The summed E-state index contributed by atoms with van der Waals surface area (Å²) in [6, 6.07) is 11.0. The minimum Gasteiger partial charge on any atom is -0.480 e. The summed E-state index contributed by atoms with van der Waals surface area (Å²) in [5.74, 6) is -5.91. The zero-order valence-electron chi connectivity index (χ0n) is 13.0. The molecule has 0 fully saturated rings. The lowest BCUT2D eigenvalue weighted by Gasteiger charge is -2.21. The number of hydrogen-bond acceptors (Lipinski definition) is 3. The molecule has 0 aliphatic carbocycles. The summed E-state index contributed by atoms with van der Waals surface area (Å²) in [5.41, 5.74) is 0.625.